The van der Waals surface area contributed by atoms with Crippen molar-refractivity contribution in [2.75, 3.05) is 39.9 Å². The molecule has 5 heteroatoms. The predicted molar refractivity (Wildman–Crippen MR) is 92.5 cm³/mol. The first kappa shape index (κ1) is 17.7. The average Bonchev–Trinajstić information content (AvgIpc) is 3.01. The number of carbonyl (C=O) groups is 2. The zero-order valence-corrected chi connectivity index (χ0v) is 15.3. The van der Waals surface area contributed by atoms with Crippen LogP contribution in [-0.2, 0) is 14.3 Å². The highest BCUT2D eigenvalue weighted by atomic mass is 16.5. The van der Waals surface area contributed by atoms with Crippen LogP contribution in [0.4, 0.5) is 0 Å². The zero-order chi connectivity index (χ0) is 17.2. The molecule has 2 amide bonds. The third-order valence-electron chi connectivity index (χ3n) is 6.50. The van der Waals surface area contributed by atoms with Gasteiger partial charge in [-0.05, 0) is 32.1 Å². The molecule has 1 aliphatic carbocycles. The van der Waals surface area contributed by atoms with E-state index >= 15 is 0 Å². The maximum atomic E-state index is 13.1. The van der Waals surface area contributed by atoms with Crippen LogP contribution >= 0.6 is 0 Å². The highest BCUT2D eigenvalue weighted by Crippen LogP contribution is 2.43. The number of hydrogen-bond acceptors (Lipinski definition) is 3. The molecule has 0 aromatic carbocycles. The van der Waals surface area contributed by atoms with Crippen molar-refractivity contribution in [3.8, 4) is 0 Å². The van der Waals surface area contributed by atoms with Crippen molar-refractivity contribution in [2.45, 2.75) is 58.3 Å². The van der Waals surface area contributed by atoms with Gasteiger partial charge in [0.05, 0.1) is 12.0 Å². The quantitative estimate of drug-likeness (QED) is 0.792. The van der Waals surface area contributed by atoms with Crippen LogP contribution in [0.1, 0.15) is 58.3 Å². The number of methoxy groups -OCH3 is 1. The second-order valence-corrected chi connectivity index (χ2v) is 8.27. The van der Waals surface area contributed by atoms with Gasteiger partial charge < -0.3 is 14.5 Å². The van der Waals surface area contributed by atoms with E-state index in [0.717, 1.165) is 58.0 Å². The summed E-state index contributed by atoms with van der Waals surface area (Å²) in [5, 5.41) is 0. The number of piperidine rings is 1. The third kappa shape index (κ3) is 3.19. The van der Waals surface area contributed by atoms with Gasteiger partial charge in [0, 0.05) is 38.7 Å². The summed E-state index contributed by atoms with van der Waals surface area (Å²) in [6.07, 6.45) is 8.36. The van der Waals surface area contributed by atoms with Crippen LogP contribution in [0.3, 0.4) is 0 Å². The molecule has 2 saturated heterocycles. The van der Waals surface area contributed by atoms with Gasteiger partial charge in [0.15, 0.2) is 0 Å². The van der Waals surface area contributed by atoms with Gasteiger partial charge in [0.1, 0.15) is 0 Å². The van der Waals surface area contributed by atoms with Crippen LogP contribution < -0.4 is 0 Å². The highest BCUT2D eigenvalue weighted by Gasteiger charge is 2.51. The van der Waals surface area contributed by atoms with Crippen LogP contribution in [-0.4, -0.2) is 61.5 Å². The Kier molecular flexibility index (Phi) is 5.19. The Balaban J connectivity index is 1.67. The van der Waals surface area contributed by atoms with Gasteiger partial charge in [0.2, 0.25) is 11.8 Å². The molecule has 0 N–H and O–H groups in total. The Morgan fingerprint density at radius 2 is 1.83 bits per heavy atom. The van der Waals surface area contributed by atoms with E-state index < -0.39 is 0 Å². The number of rotatable bonds is 4. The van der Waals surface area contributed by atoms with Crippen LogP contribution in [0.5, 0.6) is 0 Å². The fraction of sp³-hybridized carbons (Fsp3) is 0.895. The number of amides is 2. The summed E-state index contributed by atoms with van der Waals surface area (Å²) in [7, 11) is 1.67. The van der Waals surface area contributed by atoms with Crippen LogP contribution in [0, 0.1) is 10.8 Å². The molecule has 0 aromatic rings. The molecule has 3 rings (SSSR count). The molecule has 5 nitrogen and oxygen atoms in total. The number of hydrogen-bond donors (Lipinski definition) is 0. The fourth-order valence-corrected chi connectivity index (χ4v) is 4.92. The van der Waals surface area contributed by atoms with Gasteiger partial charge in [-0.3, -0.25) is 9.59 Å². The summed E-state index contributed by atoms with van der Waals surface area (Å²) in [6, 6.07) is 0. The van der Waals surface area contributed by atoms with Crippen molar-refractivity contribution in [3.63, 3.8) is 0 Å². The Morgan fingerprint density at radius 3 is 2.54 bits per heavy atom. The molecule has 3 fully saturated rings. The number of ether oxygens (including phenoxy) is 1. The minimum atomic E-state index is -0.327. The smallest absolute Gasteiger partial charge is 0.230 e. The SMILES string of the molecule is COCCN1CCC[C@@]2(CCN(C(=O)C3(C)CCCCC3)C2)C1=O. The molecular formula is C19H32N2O3. The van der Waals surface area contributed by atoms with Gasteiger partial charge in [0.25, 0.3) is 0 Å². The van der Waals surface area contributed by atoms with Crippen molar-refractivity contribution >= 4 is 11.8 Å². The standard InChI is InChI=1S/C19H32N2O3/c1-18(7-4-3-5-8-18)16(22)21-12-10-19(15-21)9-6-11-20(17(19)23)13-14-24-2/h3-15H2,1-2H3/t19-/m0/s1. The van der Waals surface area contributed by atoms with Crippen molar-refractivity contribution in [1.29, 1.82) is 0 Å². The minimum absolute atomic E-state index is 0.197. The van der Waals surface area contributed by atoms with Gasteiger partial charge in [-0.15, -0.1) is 0 Å². The first-order chi connectivity index (χ1) is 11.5. The Hall–Kier alpha value is -1.10. The molecule has 2 aliphatic heterocycles. The maximum Gasteiger partial charge on any atom is 0.230 e. The first-order valence-electron chi connectivity index (χ1n) is 9.59. The molecule has 0 aromatic heterocycles. The normalized spacial score (nSPS) is 30.2. The van der Waals surface area contributed by atoms with E-state index in [4.69, 9.17) is 4.74 Å². The largest absolute Gasteiger partial charge is 0.383 e. The summed E-state index contributed by atoms with van der Waals surface area (Å²) in [4.78, 5) is 30.1. The first-order valence-corrected chi connectivity index (χ1v) is 9.59. The molecular weight excluding hydrogens is 304 g/mol. The molecule has 2 heterocycles. The molecule has 24 heavy (non-hydrogen) atoms. The number of likely N-dealkylation sites (tertiary alicyclic amines) is 2. The summed E-state index contributed by atoms with van der Waals surface area (Å²) in [6.45, 7) is 5.59. The summed E-state index contributed by atoms with van der Waals surface area (Å²) in [5.41, 5.74) is -0.524. The lowest BCUT2D eigenvalue weighted by atomic mass is 9.74. The van der Waals surface area contributed by atoms with E-state index in [-0.39, 0.29) is 16.7 Å². The maximum absolute atomic E-state index is 13.1. The van der Waals surface area contributed by atoms with E-state index in [1.807, 2.05) is 9.80 Å². The fourth-order valence-electron chi connectivity index (χ4n) is 4.92. The predicted octanol–water partition coefficient (Wildman–Crippen LogP) is 2.44. The van der Waals surface area contributed by atoms with E-state index in [2.05, 4.69) is 6.92 Å². The van der Waals surface area contributed by atoms with Crippen molar-refractivity contribution in [3.05, 3.63) is 0 Å². The van der Waals surface area contributed by atoms with Crippen molar-refractivity contribution in [1.82, 2.24) is 9.80 Å². The average molecular weight is 336 g/mol. The molecule has 1 saturated carbocycles. The van der Waals surface area contributed by atoms with Crippen LogP contribution in [0.15, 0.2) is 0 Å². The molecule has 136 valence electrons. The minimum Gasteiger partial charge on any atom is -0.383 e. The lowest BCUT2D eigenvalue weighted by Gasteiger charge is -2.40. The lowest BCUT2D eigenvalue weighted by molar-refractivity contribution is -0.148. The van der Waals surface area contributed by atoms with E-state index in [1.54, 1.807) is 7.11 Å². The third-order valence-corrected chi connectivity index (χ3v) is 6.50. The lowest BCUT2D eigenvalue weighted by Crippen LogP contribution is -2.52. The summed E-state index contributed by atoms with van der Waals surface area (Å²) in [5.74, 6) is 0.538. The van der Waals surface area contributed by atoms with E-state index in [1.165, 1.54) is 6.42 Å². The second kappa shape index (κ2) is 7.03. The van der Waals surface area contributed by atoms with Crippen LogP contribution in [0.25, 0.3) is 0 Å². The molecule has 1 spiro atoms. The van der Waals surface area contributed by atoms with Gasteiger partial charge >= 0.3 is 0 Å². The highest BCUT2D eigenvalue weighted by molar-refractivity contribution is 5.87. The monoisotopic (exact) mass is 336 g/mol. The van der Waals surface area contributed by atoms with E-state index in [9.17, 15) is 9.59 Å². The van der Waals surface area contributed by atoms with E-state index in [0.29, 0.717) is 25.6 Å². The molecule has 0 unspecified atom stereocenters. The molecule has 3 aliphatic rings. The Bertz CT molecular complexity index is 487. The Morgan fingerprint density at radius 1 is 1.08 bits per heavy atom. The molecule has 0 bridgehead atoms. The zero-order valence-electron chi connectivity index (χ0n) is 15.3. The second-order valence-electron chi connectivity index (χ2n) is 8.27. The summed E-state index contributed by atoms with van der Waals surface area (Å²) >= 11 is 0. The molecule has 1 atom stereocenters. The van der Waals surface area contributed by atoms with Crippen molar-refractivity contribution < 1.29 is 14.3 Å². The van der Waals surface area contributed by atoms with Gasteiger partial charge in [-0.1, -0.05) is 26.2 Å². The topological polar surface area (TPSA) is 49.9 Å². The van der Waals surface area contributed by atoms with Crippen molar-refractivity contribution in [2.24, 2.45) is 10.8 Å². The van der Waals surface area contributed by atoms with Crippen LogP contribution in [0.2, 0.25) is 0 Å². The number of carbonyl (C=O) groups excluding carboxylic acids is 2. The Labute approximate surface area is 145 Å². The summed E-state index contributed by atoms with van der Waals surface area (Å²) < 4.78 is 5.14. The van der Waals surface area contributed by atoms with Gasteiger partial charge in [-0.2, -0.15) is 0 Å². The number of nitrogens with zero attached hydrogens (tertiary/aromatic N) is 2. The van der Waals surface area contributed by atoms with Gasteiger partial charge in [-0.25, -0.2) is 0 Å². The molecule has 0 radical (unpaired) electrons.